The minimum Gasteiger partial charge on any atom is -0.377 e. The molecule has 1 nitrogen and oxygen atoms in total. The molecule has 0 radical (unpaired) electrons. The fraction of sp³-hybridized carbons (Fsp3) is 0.286. The van der Waals surface area contributed by atoms with Gasteiger partial charge in [-0.15, -0.1) is 0 Å². The van der Waals surface area contributed by atoms with E-state index < -0.39 is 0 Å². The number of nitrogens with zero attached hydrogens (tertiary/aromatic N) is 1. The maximum absolute atomic E-state index is 2.24. The smallest absolute Gasteiger partial charge is 0.0470 e. The van der Waals surface area contributed by atoms with Crippen LogP contribution in [0.25, 0.3) is 10.8 Å². The van der Waals surface area contributed by atoms with Crippen LogP contribution < -0.4 is 4.90 Å². The Labute approximate surface area is 91.3 Å². The lowest BCUT2D eigenvalue weighted by Crippen LogP contribution is -2.10. The lowest BCUT2D eigenvalue weighted by molar-refractivity contribution is 1.13. The molecular weight excluding hydrogens is 182 g/mol. The summed E-state index contributed by atoms with van der Waals surface area (Å²) in [5.74, 6) is 0. The van der Waals surface area contributed by atoms with Crippen LogP contribution in [0.4, 0.5) is 5.69 Å². The fourth-order valence-corrected chi connectivity index (χ4v) is 2.14. The second kappa shape index (κ2) is 3.58. The van der Waals surface area contributed by atoms with Crippen LogP contribution in [-0.2, 0) is 0 Å². The zero-order chi connectivity index (χ0) is 11.0. The van der Waals surface area contributed by atoms with Crippen molar-refractivity contribution in [1.29, 1.82) is 0 Å². The molecule has 0 atom stereocenters. The molecule has 0 heterocycles. The summed E-state index contributed by atoms with van der Waals surface area (Å²) >= 11 is 0. The van der Waals surface area contributed by atoms with Crippen molar-refractivity contribution in [2.75, 3.05) is 19.0 Å². The number of hydrogen-bond donors (Lipinski definition) is 0. The third-order valence-corrected chi connectivity index (χ3v) is 2.80. The van der Waals surface area contributed by atoms with E-state index >= 15 is 0 Å². The Balaban J connectivity index is 2.82. The summed E-state index contributed by atoms with van der Waals surface area (Å²) in [4.78, 5) is 2.19. The minimum atomic E-state index is 1.32. The van der Waals surface area contributed by atoms with Crippen molar-refractivity contribution in [3.63, 3.8) is 0 Å². The molecule has 0 unspecified atom stereocenters. The molecule has 2 aromatic carbocycles. The summed E-state index contributed by atoms with van der Waals surface area (Å²) in [5, 5.41) is 2.66. The molecule has 0 aliphatic heterocycles. The molecule has 0 fully saturated rings. The lowest BCUT2D eigenvalue weighted by atomic mass is 10.0. The van der Waals surface area contributed by atoms with Crippen molar-refractivity contribution in [3.05, 3.63) is 41.5 Å². The highest BCUT2D eigenvalue weighted by atomic mass is 15.1. The van der Waals surface area contributed by atoms with E-state index in [1.54, 1.807) is 0 Å². The first-order valence-electron chi connectivity index (χ1n) is 5.27. The Hall–Kier alpha value is -1.50. The average Bonchev–Trinajstić information content (AvgIpc) is 2.17. The second-order valence-corrected chi connectivity index (χ2v) is 4.35. The molecular formula is C14H17N. The van der Waals surface area contributed by atoms with Crippen LogP contribution in [-0.4, -0.2) is 14.1 Å². The predicted octanol–water partition coefficient (Wildman–Crippen LogP) is 3.52. The zero-order valence-corrected chi connectivity index (χ0v) is 9.83. The van der Waals surface area contributed by atoms with E-state index in [1.165, 1.54) is 27.6 Å². The largest absolute Gasteiger partial charge is 0.377 e. The molecule has 0 spiro atoms. The van der Waals surface area contributed by atoms with Gasteiger partial charge in [0.05, 0.1) is 0 Å². The Morgan fingerprint density at radius 3 is 2.33 bits per heavy atom. The first-order valence-corrected chi connectivity index (χ1v) is 5.27. The van der Waals surface area contributed by atoms with E-state index in [2.05, 4.69) is 63.2 Å². The summed E-state index contributed by atoms with van der Waals surface area (Å²) in [6.45, 7) is 4.29. The SMILES string of the molecule is Cc1ccc2c(N(C)C)c(C)ccc2c1. The predicted molar refractivity (Wildman–Crippen MR) is 67.7 cm³/mol. The Morgan fingerprint density at radius 2 is 1.67 bits per heavy atom. The van der Waals surface area contributed by atoms with Gasteiger partial charge in [-0.1, -0.05) is 35.9 Å². The zero-order valence-electron chi connectivity index (χ0n) is 9.83. The van der Waals surface area contributed by atoms with E-state index in [4.69, 9.17) is 0 Å². The molecule has 0 aromatic heterocycles. The quantitative estimate of drug-likeness (QED) is 0.679. The van der Waals surface area contributed by atoms with Gasteiger partial charge in [0, 0.05) is 25.2 Å². The number of benzene rings is 2. The molecule has 0 aliphatic carbocycles. The van der Waals surface area contributed by atoms with Gasteiger partial charge >= 0.3 is 0 Å². The Morgan fingerprint density at radius 1 is 0.933 bits per heavy atom. The van der Waals surface area contributed by atoms with Crippen molar-refractivity contribution in [1.82, 2.24) is 0 Å². The molecule has 2 rings (SSSR count). The second-order valence-electron chi connectivity index (χ2n) is 4.35. The highest BCUT2D eigenvalue weighted by molar-refractivity contribution is 5.96. The number of rotatable bonds is 1. The molecule has 0 N–H and O–H groups in total. The molecule has 15 heavy (non-hydrogen) atoms. The Bertz CT molecular complexity index is 498. The highest BCUT2D eigenvalue weighted by Gasteiger charge is 2.06. The first-order chi connectivity index (χ1) is 7.09. The van der Waals surface area contributed by atoms with Crippen molar-refractivity contribution in [2.45, 2.75) is 13.8 Å². The number of fused-ring (bicyclic) bond motifs is 1. The van der Waals surface area contributed by atoms with Crippen LogP contribution in [0.15, 0.2) is 30.3 Å². The fourth-order valence-electron chi connectivity index (χ4n) is 2.14. The number of anilines is 1. The topological polar surface area (TPSA) is 3.24 Å². The van der Waals surface area contributed by atoms with E-state index in [0.717, 1.165) is 0 Å². The molecule has 0 aliphatic rings. The van der Waals surface area contributed by atoms with Crippen LogP contribution in [0.2, 0.25) is 0 Å². The third kappa shape index (κ3) is 1.70. The van der Waals surface area contributed by atoms with Crippen LogP contribution in [0.1, 0.15) is 11.1 Å². The standard InChI is InChI=1S/C14H17N/c1-10-5-8-13-12(9-10)7-6-11(2)14(13)15(3)4/h5-9H,1-4H3. The minimum absolute atomic E-state index is 1.32. The van der Waals surface area contributed by atoms with Gasteiger partial charge in [-0.25, -0.2) is 0 Å². The highest BCUT2D eigenvalue weighted by Crippen LogP contribution is 2.29. The van der Waals surface area contributed by atoms with Crippen molar-refractivity contribution in [3.8, 4) is 0 Å². The van der Waals surface area contributed by atoms with Gasteiger partial charge in [0.1, 0.15) is 0 Å². The molecule has 0 saturated heterocycles. The van der Waals surface area contributed by atoms with Crippen molar-refractivity contribution in [2.24, 2.45) is 0 Å². The van der Waals surface area contributed by atoms with Gasteiger partial charge in [-0.3, -0.25) is 0 Å². The maximum atomic E-state index is 2.24. The molecule has 0 amide bonds. The van der Waals surface area contributed by atoms with Crippen LogP contribution in [0.3, 0.4) is 0 Å². The monoisotopic (exact) mass is 199 g/mol. The van der Waals surface area contributed by atoms with Gasteiger partial charge in [0.25, 0.3) is 0 Å². The van der Waals surface area contributed by atoms with Gasteiger partial charge in [-0.2, -0.15) is 0 Å². The third-order valence-electron chi connectivity index (χ3n) is 2.80. The van der Waals surface area contributed by atoms with Crippen LogP contribution in [0.5, 0.6) is 0 Å². The van der Waals surface area contributed by atoms with Crippen molar-refractivity contribution < 1.29 is 0 Å². The summed E-state index contributed by atoms with van der Waals surface area (Å²) < 4.78 is 0. The van der Waals surface area contributed by atoms with Gasteiger partial charge in [-0.05, 0) is 24.8 Å². The molecule has 0 bridgehead atoms. The lowest BCUT2D eigenvalue weighted by Gasteiger charge is -2.18. The van der Waals surface area contributed by atoms with E-state index in [-0.39, 0.29) is 0 Å². The molecule has 0 saturated carbocycles. The number of aryl methyl sites for hydroxylation is 2. The van der Waals surface area contributed by atoms with E-state index in [1.807, 2.05) is 0 Å². The molecule has 1 heteroatoms. The van der Waals surface area contributed by atoms with Crippen molar-refractivity contribution >= 4 is 16.5 Å². The van der Waals surface area contributed by atoms with Crippen LogP contribution >= 0.6 is 0 Å². The summed E-state index contributed by atoms with van der Waals surface area (Å²) in [5.41, 5.74) is 3.97. The average molecular weight is 199 g/mol. The van der Waals surface area contributed by atoms with Gasteiger partial charge < -0.3 is 4.90 Å². The maximum Gasteiger partial charge on any atom is 0.0470 e. The van der Waals surface area contributed by atoms with Gasteiger partial charge in [0.2, 0.25) is 0 Å². The molecule has 2 aromatic rings. The van der Waals surface area contributed by atoms with Crippen LogP contribution in [0, 0.1) is 13.8 Å². The molecule has 78 valence electrons. The number of hydrogen-bond acceptors (Lipinski definition) is 1. The summed E-state index contributed by atoms with van der Waals surface area (Å²) in [7, 11) is 4.20. The van der Waals surface area contributed by atoms with E-state index in [0.29, 0.717) is 0 Å². The summed E-state index contributed by atoms with van der Waals surface area (Å²) in [6.07, 6.45) is 0. The van der Waals surface area contributed by atoms with E-state index in [9.17, 15) is 0 Å². The summed E-state index contributed by atoms with van der Waals surface area (Å²) in [6, 6.07) is 11.0. The Kier molecular flexibility index (Phi) is 2.39. The first kappa shape index (κ1) is 10.0. The normalized spacial score (nSPS) is 10.7. The van der Waals surface area contributed by atoms with Gasteiger partial charge in [0.15, 0.2) is 0 Å².